The first-order valence-electron chi connectivity index (χ1n) is 5.63. The topological polar surface area (TPSA) is 173 Å². The molecule has 0 spiro atoms. The number of hydrogen-bond acceptors (Lipinski definition) is 4. The number of rotatable bonds is 0. The SMILES string of the molecule is O=C(O)O.O=C(O)O.O=C1CCCN1.O=C1CCCN1. The highest BCUT2D eigenvalue weighted by atomic mass is 16.6. The van der Waals surface area contributed by atoms with Crippen molar-refractivity contribution in [2.24, 2.45) is 0 Å². The van der Waals surface area contributed by atoms with E-state index in [0.717, 1.165) is 38.8 Å². The average molecular weight is 294 g/mol. The normalized spacial score (nSPS) is 15.0. The molecule has 2 amide bonds. The van der Waals surface area contributed by atoms with Crippen LogP contribution in [0, 0.1) is 0 Å². The minimum atomic E-state index is -1.83. The quantitative estimate of drug-likeness (QED) is 0.368. The maximum absolute atomic E-state index is 10.1. The van der Waals surface area contributed by atoms with Gasteiger partial charge in [-0.25, -0.2) is 9.59 Å². The Bertz CT molecular complexity index is 275. The molecule has 2 rings (SSSR count). The van der Waals surface area contributed by atoms with Crippen LogP contribution in [0.15, 0.2) is 0 Å². The molecule has 0 unspecified atom stereocenters. The van der Waals surface area contributed by atoms with E-state index >= 15 is 0 Å². The van der Waals surface area contributed by atoms with Gasteiger partial charge in [0.1, 0.15) is 0 Å². The highest BCUT2D eigenvalue weighted by Gasteiger charge is 2.05. The van der Waals surface area contributed by atoms with Crippen LogP contribution in [0.5, 0.6) is 0 Å². The summed E-state index contributed by atoms with van der Waals surface area (Å²) in [6, 6.07) is 0. The van der Waals surface area contributed by atoms with E-state index in [9.17, 15) is 9.59 Å². The largest absolute Gasteiger partial charge is 0.503 e. The highest BCUT2D eigenvalue weighted by Crippen LogP contribution is 1.93. The average Bonchev–Trinajstić information content (AvgIpc) is 2.91. The van der Waals surface area contributed by atoms with Gasteiger partial charge >= 0.3 is 12.3 Å². The lowest BCUT2D eigenvalue weighted by Gasteiger charge is -1.80. The Balaban J connectivity index is 0. The van der Waals surface area contributed by atoms with Crippen molar-refractivity contribution in [3.63, 3.8) is 0 Å². The van der Waals surface area contributed by atoms with Gasteiger partial charge in [-0.15, -0.1) is 0 Å². The maximum atomic E-state index is 10.1. The van der Waals surface area contributed by atoms with Crippen molar-refractivity contribution in [2.75, 3.05) is 13.1 Å². The molecule has 20 heavy (non-hydrogen) atoms. The van der Waals surface area contributed by atoms with E-state index in [1.54, 1.807) is 0 Å². The summed E-state index contributed by atoms with van der Waals surface area (Å²) in [5.41, 5.74) is 0. The van der Waals surface area contributed by atoms with Crippen LogP contribution in [0.1, 0.15) is 25.7 Å². The Labute approximate surface area is 114 Å². The van der Waals surface area contributed by atoms with Crippen molar-refractivity contribution in [3.05, 3.63) is 0 Å². The van der Waals surface area contributed by atoms with Gasteiger partial charge in [0.05, 0.1) is 0 Å². The summed E-state index contributed by atoms with van der Waals surface area (Å²) in [7, 11) is 0. The van der Waals surface area contributed by atoms with Gasteiger partial charge in [0.15, 0.2) is 0 Å². The van der Waals surface area contributed by atoms with E-state index in [4.69, 9.17) is 30.0 Å². The van der Waals surface area contributed by atoms with Gasteiger partial charge in [-0.1, -0.05) is 0 Å². The molecular weight excluding hydrogens is 276 g/mol. The molecule has 116 valence electrons. The summed E-state index contributed by atoms with van der Waals surface area (Å²) in [5.74, 6) is 0.407. The van der Waals surface area contributed by atoms with E-state index < -0.39 is 12.3 Å². The van der Waals surface area contributed by atoms with Crippen molar-refractivity contribution >= 4 is 24.1 Å². The first kappa shape index (κ1) is 19.8. The van der Waals surface area contributed by atoms with Crippen LogP contribution < -0.4 is 10.6 Å². The number of carboxylic acid groups (broad SMARTS) is 4. The van der Waals surface area contributed by atoms with Crippen molar-refractivity contribution in [3.8, 4) is 0 Å². The molecule has 10 heteroatoms. The van der Waals surface area contributed by atoms with E-state index in [0.29, 0.717) is 0 Å². The Morgan fingerprint density at radius 1 is 0.750 bits per heavy atom. The van der Waals surface area contributed by atoms with Gasteiger partial charge in [0.2, 0.25) is 11.8 Å². The summed E-state index contributed by atoms with van der Waals surface area (Å²) in [6.45, 7) is 1.78. The van der Waals surface area contributed by atoms with Gasteiger partial charge in [0.25, 0.3) is 0 Å². The van der Waals surface area contributed by atoms with Crippen LogP contribution in [0.3, 0.4) is 0 Å². The molecule has 2 fully saturated rings. The summed E-state index contributed by atoms with van der Waals surface area (Å²) >= 11 is 0. The summed E-state index contributed by atoms with van der Waals surface area (Å²) in [6.07, 6.45) is -0.141. The summed E-state index contributed by atoms with van der Waals surface area (Å²) in [4.78, 5) is 37.4. The van der Waals surface area contributed by atoms with Crippen LogP contribution in [-0.4, -0.2) is 57.6 Å². The molecule has 0 atom stereocenters. The fraction of sp³-hybridized carbons (Fsp3) is 0.600. The second-order valence-corrected chi connectivity index (χ2v) is 3.47. The molecule has 2 aliphatic heterocycles. The smallest absolute Gasteiger partial charge is 0.450 e. The molecule has 2 saturated heterocycles. The minimum absolute atomic E-state index is 0.204. The number of amides is 2. The molecule has 0 saturated carbocycles. The highest BCUT2D eigenvalue weighted by molar-refractivity contribution is 5.77. The molecule has 10 nitrogen and oxygen atoms in total. The van der Waals surface area contributed by atoms with E-state index in [1.807, 2.05) is 0 Å². The number of nitrogens with one attached hydrogen (secondary N) is 2. The van der Waals surface area contributed by atoms with E-state index in [2.05, 4.69) is 10.6 Å². The molecular formula is C10H18N2O8. The monoisotopic (exact) mass is 294 g/mol. The van der Waals surface area contributed by atoms with Crippen LogP contribution in [-0.2, 0) is 9.59 Å². The maximum Gasteiger partial charge on any atom is 0.503 e. The predicted molar refractivity (Wildman–Crippen MR) is 65.8 cm³/mol. The third-order valence-corrected chi connectivity index (χ3v) is 1.81. The van der Waals surface area contributed by atoms with Crippen molar-refractivity contribution in [1.29, 1.82) is 0 Å². The molecule has 0 aromatic carbocycles. The molecule has 0 aliphatic carbocycles. The lowest BCUT2D eigenvalue weighted by molar-refractivity contribution is -0.119. The zero-order valence-electron chi connectivity index (χ0n) is 10.7. The van der Waals surface area contributed by atoms with Gasteiger partial charge < -0.3 is 31.1 Å². The second kappa shape index (κ2) is 12.9. The zero-order valence-corrected chi connectivity index (χ0v) is 10.7. The van der Waals surface area contributed by atoms with Gasteiger partial charge in [-0.05, 0) is 12.8 Å². The van der Waals surface area contributed by atoms with Crippen LogP contribution >= 0.6 is 0 Å². The number of carbonyl (C=O) groups is 4. The van der Waals surface area contributed by atoms with Crippen molar-refractivity contribution in [2.45, 2.75) is 25.7 Å². The molecule has 2 heterocycles. The zero-order chi connectivity index (χ0) is 16.0. The van der Waals surface area contributed by atoms with Crippen LogP contribution in [0.2, 0.25) is 0 Å². The number of carbonyl (C=O) groups excluding carboxylic acids is 2. The third kappa shape index (κ3) is 24.6. The number of hydrogen-bond donors (Lipinski definition) is 6. The minimum Gasteiger partial charge on any atom is -0.450 e. The van der Waals surface area contributed by atoms with Crippen LogP contribution in [0.25, 0.3) is 0 Å². The Morgan fingerprint density at radius 3 is 1.05 bits per heavy atom. The molecule has 0 aromatic heterocycles. The Hall–Kier alpha value is -2.52. The van der Waals surface area contributed by atoms with Gasteiger partial charge in [-0.2, -0.15) is 0 Å². The third-order valence-electron chi connectivity index (χ3n) is 1.81. The fourth-order valence-electron chi connectivity index (χ4n) is 1.13. The molecule has 0 aromatic rings. The second-order valence-electron chi connectivity index (χ2n) is 3.47. The molecule has 0 bridgehead atoms. The predicted octanol–water partition coefficient (Wildman–Crippen LogP) is 0.238. The van der Waals surface area contributed by atoms with Gasteiger partial charge in [-0.3, -0.25) is 9.59 Å². The van der Waals surface area contributed by atoms with Crippen molar-refractivity contribution < 1.29 is 39.6 Å². The summed E-state index contributed by atoms with van der Waals surface area (Å²) < 4.78 is 0. The molecule has 6 N–H and O–H groups in total. The van der Waals surface area contributed by atoms with E-state index in [1.165, 1.54) is 0 Å². The standard InChI is InChI=1S/2C4H7NO.2CH2O3/c2*6-4-2-1-3-5-4;2*2-1(3)4/h2*1-3H2,(H,5,6);2*(H2,2,3,4). The fourth-order valence-corrected chi connectivity index (χ4v) is 1.13. The molecule has 2 aliphatic rings. The van der Waals surface area contributed by atoms with Gasteiger partial charge in [0, 0.05) is 25.9 Å². The van der Waals surface area contributed by atoms with E-state index in [-0.39, 0.29) is 11.8 Å². The first-order chi connectivity index (χ1) is 9.25. The van der Waals surface area contributed by atoms with Crippen LogP contribution in [0.4, 0.5) is 9.59 Å². The molecule has 0 radical (unpaired) electrons. The lowest BCUT2D eigenvalue weighted by atomic mass is 10.4. The van der Waals surface area contributed by atoms with Crippen molar-refractivity contribution in [1.82, 2.24) is 10.6 Å². The lowest BCUT2D eigenvalue weighted by Crippen LogP contribution is -2.12. The summed E-state index contributed by atoms with van der Waals surface area (Å²) in [5, 5.41) is 33.2. The Morgan fingerprint density at radius 2 is 1.00 bits per heavy atom. The first-order valence-corrected chi connectivity index (χ1v) is 5.63. The Kier molecular flexibility index (Phi) is 12.8.